The summed E-state index contributed by atoms with van der Waals surface area (Å²) in [6.45, 7) is 0. The summed E-state index contributed by atoms with van der Waals surface area (Å²) >= 11 is 6.85. The number of carbonyl (C=O) groups is 1. The number of rotatable bonds is 3. The number of ether oxygens (including phenoxy) is 1. The highest BCUT2D eigenvalue weighted by molar-refractivity contribution is 8.26. The van der Waals surface area contributed by atoms with Crippen molar-refractivity contribution in [2.75, 3.05) is 7.11 Å². The average Bonchev–Trinajstić information content (AvgIpc) is 2.82. The van der Waals surface area contributed by atoms with Crippen molar-refractivity contribution in [1.29, 1.82) is 0 Å². The van der Waals surface area contributed by atoms with Crippen molar-refractivity contribution in [3.63, 3.8) is 0 Å². The van der Waals surface area contributed by atoms with E-state index in [2.05, 4.69) is 0 Å². The second-order valence-electron chi connectivity index (χ2n) is 5.62. The third kappa shape index (κ3) is 3.20. The lowest BCUT2D eigenvalue weighted by atomic mass is 9.94. The van der Waals surface area contributed by atoms with Gasteiger partial charge in [-0.05, 0) is 36.6 Å². The number of amides is 1. The van der Waals surface area contributed by atoms with Gasteiger partial charge in [-0.1, -0.05) is 55.4 Å². The highest BCUT2D eigenvalue weighted by Crippen LogP contribution is 2.37. The molecule has 1 saturated carbocycles. The highest BCUT2D eigenvalue weighted by atomic mass is 32.2. The van der Waals surface area contributed by atoms with Crippen molar-refractivity contribution in [2.45, 2.75) is 38.1 Å². The summed E-state index contributed by atoms with van der Waals surface area (Å²) in [7, 11) is 1.64. The van der Waals surface area contributed by atoms with Gasteiger partial charge in [0.05, 0.1) is 12.0 Å². The molecule has 1 aliphatic carbocycles. The predicted octanol–water partition coefficient (Wildman–Crippen LogP) is 4.23. The summed E-state index contributed by atoms with van der Waals surface area (Å²) in [4.78, 5) is 15.2. The standard InChI is InChI=1S/C17H19NO2S2/c1-20-14-9-5-6-12(10-14)11-15-16(19)18(17(21)22-15)13-7-3-2-4-8-13/h5-6,9-11,13H,2-4,7-8H2,1H3/b15-11-. The first-order valence-electron chi connectivity index (χ1n) is 7.60. The Morgan fingerprint density at radius 1 is 1.32 bits per heavy atom. The lowest BCUT2D eigenvalue weighted by Crippen LogP contribution is -2.39. The number of nitrogens with zero attached hydrogens (tertiary/aromatic N) is 1. The molecule has 0 spiro atoms. The van der Waals surface area contributed by atoms with Gasteiger partial charge in [0.25, 0.3) is 5.91 Å². The number of thiocarbonyl (C=S) groups is 1. The molecule has 2 fully saturated rings. The van der Waals surface area contributed by atoms with Crippen LogP contribution in [0.25, 0.3) is 6.08 Å². The molecule has 0 aromatic heterocycles. The molecular formula is C17H19NO2S2. The van der Waals surface area contributed by atoms with Crippen LogP contribution >= 0.6 is 24.0 Å². The van der Waals surface area contributed by atoms with Crippen LogP contribution in [-0.2, 0) is 4.79 Å². The quantitative estimate of drug-likeness (QED) is 0.611. The minimum absolute atomic E-state index is 0.0599. The van der Waals surface area contributed by atoms with E-state index in [1.807, 2.05) is 35.2 Å². The lowest BCUT2D eigenvalue weighted by molar-refractivity contribution is -0.124. The predicted molar refractivity (Wildman–Crippen MR) is 94.9 cm³/mol. The van der Waals surface area contributed by atoms with Crippen LogP contribution in [-0.4, -0.2) is 28.3 Å². The topological polar surface area (TPSA) is 29.5 Å². The largest absolute Gasteiger partial charge is 0.497 e. The zero-order valence-corrected chi connectivity index (χ0v) is 14.2. The number of methoxy groups -OCH3 is 1. The molecule has 1 amide bonds. The van der Waals surface area contributed by atoms with Crippen LogP contribution in [0, 0.1) is 0 Å². The molecule has 5 heteroatoms. The maximum absolute atomic E-state index is 12.7. The van der Waals surface area contributed by atoms with Crippen LogP contribution in [0.5, 0.6) is 5.75 Å². The van der Waals surface area contributed by atoms with Crippen molar-refractivity contribution in [2.24, 2.45) is 0 Å². The van der Waals surface area contributed by atoms with E-state index in [1.54, 1.807) is 7.11 Å². The van der Waals surface area contributed by atoms with Crippen LogP contribution < -0.4 is 4.74 Å². The molecule has 0 unspecified atom stereocenters. The van der Waals surface area contributed by atoms with E-state index in [9.17, 15) is 4.79 Å². The number of carbonyl (C=O) groups excluding carboxylic acids is 1. The van der Waals surface area contributed by atoms with Crippen molar-refractivity contribution in [3.8, 4) is 5.75 Å². The maximum atomic E-state index is 12.7. The third-order valence-corrected chi connectivity index (χ3v) is 5.49. The van der Waals surface area contributed by atoms with Crippen molar-refractivity contribution >= 4 is 40.3 Å². The molecule has 2 aliphatic rings. The minimum atomic E-state index is 0.0599. The van der Waals surface area contributed by atoms with Gasteiger partial charge in [-0.25, -0.2) is 0 Å². The van der Waals surface area contributed by atoms with Gasteiger partial charge in [-0.3, -0.25) is 9.69 Å². The smallest absolute Gasteiger partial charge is 0.266 e. The lowest BCUT2D eigenvalue weighted by Gasteiger charge is -2.29. The van der Waals surface area contributed by atoms with E-state index in [0.717, 1.165) is 24.2 Å². The third-order valence-electron chi connectivity index (χ3n) is 4.15. The van der Waals surface area contributed by atoms with Gasteiger partial charge in [0.2, 0.25) is 0 Å². The molecule has 1 aromatic rings. The zero-order chi connectivity index (χ0) is 15.5. The monoisotopic (exact) mass is 333 g/mol. The summed E-state index contributed by atoms with van der Waals surface area (Å²) < 4.78 is 5.93. The SMILES string of the molecule is COc1cccc(/C=C2\SC(=S)N(C3CCCCC3)C2=O)c1. The Morgan fingerprint density at radius 2 is 2.09 bits per heavy atom. The molecule has 3 nitrogen and oxygen atoms in total. The van der Waals surface area contributed by atoms with E-state index in [4.69, 9.17) is 17.0 Å². The number of benzene rings is 1. The normalized spacial score (nSPS) is 21.7. The number of thioether (sulfide) groups is 1. The summed E-state index contributed by atoms with van der Waals surface area (Å²) in [5.41, 5.74) is 0.962. The van der Waals surface area contributed by atoms with Gasteiger partial charge in [-0.15, -0.1) is 0 Å². The Bertz CT molecular complexity index is 621. The van der Waals surface area contributed by atoms with Crippen LogP contribution in [0.2, 0.25) is 0 Å². The van der Waals surface area contributed by atoms with Gasteiger partial charge in [0.1, 0.15) is 10.1 Å². The first kappa shape index (κ1) is 15.6. The first-order valence-corrected chi connectivity index (χ1v) is 8.82. The molecule has 1 aromatic carbocycles. The van der Waals surface area contributed by atoms with Crippen LogP contribution in [0.1, 0.15) is 37.7 Å². The fraction of sp³-hybridized carbons (Fsp3) is 0.412. The molecule has 1 aliphatic heterocycles. The molecule has 0 N–H and O–H groups in total. The van der Waals surface area contributed by atoms with Crippen LogP contribution in [0.4, 0.5) is 0 Å². The van der Waals surface area contributed by atoms with Gasteiger partial charge < -0.3 is 4.74 Å². The Morgan fingerprint density at radius 3 is 2.82 bits per heavy atom. The Labute approximate surface area is 140 Å². The molecule has 22 heavy (non-hydrogen) atoms. The summed E-state index contributed by atoms with van der Waals surface area (Å²) in [5, 5.41) is 0. The summed E-state index contributed by atoms with van der Waals surface area (Å²) in [6.07, 6.45) is 7.70. The average molecular weight is 333 g/mol. The zero-order valence-electron chi connectivity index (χ0n) is 12.6. The fourth-order valence-corrected chi connectivity index (χ4v) is 4.42. The van der Waals surface area contributed by atoms with Crippen LogP contribution in [0.15, 0.2) is 29.2 Å². The Kier molecular flexibility index (Phi) is 4.84. The van der Waals surface area contributed by atoms with E-state index in [0.29, 0.717) is 9.23 Å². The molecule has 1 heterocycles. The molecule has 1 saturated heterocycles. The van der Waals surface area contributed by atoms with Crippen molar-refractivity contribution in [3.05, 3.63) is 34.7 Å². The molecule has 0 bridgehead atoms. The van der Waals surface area contributed by atoms with Crippen LogP contribution in [0.3, 0.4) is 0 Å². The van der Waals surface area contributed by atoms with Gasteiger partial charge >= 0.3 is 0 Å². The number of hydrogen-bond acceptors (Lipinski definition) is 4. The Balaban J connectivity index is 1.81. The molecule has 0 atom stereocenters. The van der Waals surface area contributed by atoms with Crippen molar-refractivity contribution < 1.29 is 9.53 Å². The molecule has 116 valence electrons. The molecule has 0 radical (unpaired) electrons. The highest BCUT2D eigenvalue weighted by Gasteiger charge is 2.37. The summed E-state index contributed by atoms with van der Waals surface area (Å²) in [5.74, 6) is 0.848. The maximum Gasteiger partial charge on any atom is 0.266 e. The van der Waals surface area contributed by atoms with E-state index in [1.165, 1.54) is 31.0 Å². The second-order valence-corrected chi connectivity index (χ2v) is 7.30. The summed E-state index contributed by atoms with van der Waals surface area (Å²) in [6, 6.07) is 8.00. The Hall–Kier alpha value is -1.33. The fourth-order valence-electron chi connectivity index (χ4n) is 3.02. The van der Waals surface area contributed by atoms with E-state index in [-0.39, 0.29) is 11.9 Å². The van der Waals surface area contributed by atoms with E-state index >= 15 is 0 Å². The molecular weight excluding hydrogens is 314 g/mol. The van der Waals surface area contributed by atoms with Gasteiger partial charge in [0, 0.05) is 6.04 Å². The van der Waals surface area contributed by atoms with Crippen molar-refractivity contribution in [1.82, 2.24) is 4.90 Å². The van der Waals surface area contributed by atoms with E-state index < -0.39 is 0 Å². The number of hydrogen-bond donors (Lipinski definition) is 0. The second kappa shape index (κ2) is 6.84. The molecule has 3 rings (SSSR count). The minimum Gasteiger partial charge on any atom is -0.497 e. The first-order chi connectivity index (χ1) is 10.7. The van der Waals surface area contributed by atoms with Gasteiger partial charge in [-0.2, -0.15) is 0 Å². The van der Waals surface area contributed by atoms with Gasteiger partial charge in [0.15, 0.2) is 0 Å².